The summed E-state index contributed by atoms with van der Waals surface area (Å²) in [6.45, 7) is 1.16. The zero-order valence-corrected chi connectivity index (χ0v) is 16.0. The van der Waals surface area contributed by atoms with Crippen molar-refractivity contribution < 1.29 is 14.4 Å². The van der Waals surface area contributed by atoms with Gasteiger partial charge in [0.25, 0.3) is 5.91 Å². The first-order valence-corrected chi connectivity index (χ1v) is 9.64. The molecule has 0 radical (unpaired) electrons. The maximum absolute atomic E-state index is 12.6. The second-order valence-corrected chi connectivity index (χ2v) is 7.48. The van der Waals surface area contributed by atoms with Crippen LogP contribution in [0.5, 0.6) is 0 Å². The van der Waals surface area contributed by atoms with Gasteiger partial charge in [-0.2, -0.15) is 0 Å². The van der Waals surface area contributed by atoms with E-state index in [2.05, 4.69) is 5.32 Å². The highest BCUT2D eigenvalue weighted by molar-refractivity contribution is 6.33. The Hall–Kier alpha value is -2.86. The number of nitrogens with one attached hydrogen (secondary N) is 1. The Morgan fingerprint density at radius 2 is 1.86 bits per heavy atom. The van der Waals surface area contributed by atoms with Crippen molar-refractivity contribution in [3.63, 3.8) is 0 Å². The number of fused-ring (bicyclic) bond motifs is 1. The van der Waals surface area contributed by atoms with Crippen molar-refractivity contribution in [1.82, 2.24) is 9.80 Å². The second kappa shape index (κ2) is 7.64. The van der Waals surface area contributed by atoms with Crippen LogP contribution in [0.25, 0.3) is 0 Å². The van der Waals surface area contributed by atoms with Crippen molar-refractivity contribution in [3.8, 4) is 0 Å². The van der Waals surface area contributed by atoms with E-state index in [0.29, 0.717) is 29.4 Å². The average Bonchev–Trinajstić information content (AvgIpc) is 3.19. The van der Waals surface area contributed by atoms with E-state index in [0.717, 1.165) is 18.4 Å². The van der Waals surface area contributed by atoms with E-state index in [1.807, 2.05) is 0 Å². The summed E-state index contributed by atoms with van der Waals surface area (Å²) < 4.78 is 0. The van der Waals surface area contributed by atoms with Crippen LogP contribution < -0.4 is 5.32 Å². The molecule has 2 aromatic carbocycles. The smallest absolute Gasteiger partial charge is 0.255 e. The monoisotopic (exact) mass is 397 g/mol. The quantitative estimate of drug-likeness (QED) is 0.862. The summed E-state index contributed by atoms with van der Waals surface area (Å²) in [7, 11) is 0. The molecule has 2 heterocycles. The van der Waals surface area contributed by atoms with Gasteiger partial charge in [-0.05, 0) is 42.7 Å². The number of carbonyl (C=O) groups excluding carboxylic acids is 3. The predicted molar refractivity (Wildman–Crippen MR) is 106 cm³/mol. The highest BCUT2D eigenvalue weighted by Crippen LogP contribution is 2.25. The van der Waals surface area contributed by atoms with E-state index in [-0.39, 0.29) is 30.3 Å². The van der Waals surface area contributed by atoms with Crippen LogP contribution in [0.15, 0.2) is 48.5 Å². The SMILES string of the molecule is O=C(Nc1ccccc1Cl)c1ccc(CN2CC(=O)N3CCCC3C2=O)cc1. The number of halogens is 1. The van der Waals surface area contributed by atoms with Crippen LogP contribution in [-0.4, -0.2) is 46.7 Å². The fourth-order valence-corrected chi connectivity index (χ4v) is 3.92. The van der Waals surface area contributed by atoms with Gasteiger partial charge in [0.05, 0.1) is 10.7 Å². The number of hydrogen-bond donors (Lipinski definition) is 1. The zero-order valence-electron chi connectivity index (χ0n) is 15.2. The first kappa shape index (κ1) is 18.5. The lowest BCUT2D eigenvalue weighted by atomic mass is 10.1. The molecular formula is C21H20ClN3O3. The molecule has 1 unspecified atom stereocenters. The molecule has 2 saturated heterocycles. The first-order valence-electron chi connectivity index (χ1n) is 9.26. The maximum Gasteiger partial charge on any atom is 0.255 e. The van der Waals surface area contributed by atoms with Crippen LogP contribution in [0.3, 0.4) is 0 Å². The molecule has 7 heteroatoms. The summed E-state index contributed by atoms with van der Waals surface area (Å²) in [6.07, 6.45) is 1.62. The highest BCUT2D eigenvalue weighted by atomic mass is 35.5. The molecule has 1 atom stereocenters. The summed E-state index contributed by atoms with van der Waals surface area (Å²) >= 11 is 6.07. The minimum Gasteiger partial charge on any atom is -0.329 e. The normalized spacial score (nSPS) is 19.0. The van der Waals surface area contributed by atoms with Gasteiger partial charge in [0.2, 0.25) is 11.8 Å². The average molecular weight is 398 g/mol. The van der Waals surface area contributed by atoms with Gasteiger partial charge in [-0.25, -0.2) is 0 Å². The van der Waals surface area contributed by atoms with E-state index in [1.54, 1.807) is 58.3 Å². The molecule has 2 fully saturated rings. The molecule has 2 aliphatic heterocycles. The standard InChI is InChI=1S/C21H20ClN3O3/c22-16-4-1-2-5-17(16)23-20(27)15-9-7-14(8-10-15)12-24-13-19(26)25-11-3-6-18(25)21(24)28/h1-2,4-5,7-10,18H,3,6,11-13H2,(H,23,27). The third-order valence-electron chi connectivity index (χ3n) is 5.21. The summed E-state index contributed by atoms with van der Waals surface area (Å²) in [6, 6.07) is 13.8. The molecule has 0 spiro atoms. The fraction of sp³-hybridized carbons (Fsp3) is 0.286. The Labute approximate surface area is 168 Å². The number of benzene rings is 2. The highest BCUT2D eigenvalue weighted by Gasteiger charge is 2.41. The van der Waals surface area contributed by atoms with Gasteiger partial charge in [0.15, 0.2) is 0 Å². The lowest BCUT2D eigenvalue weighted by molar-refractivity contribution is -0.154. The number of nitrogens with zero attached hydrogens (tertiary/aromatic N) is 2. The second-order valence-electron chi connectivity index (χ2n) is 7.07. The van der Waals surface area contributed by atoms with Crippen molar-refractivity contribution in [1.29, 1.82) is 0 Å². The molecule has 0 aliphatic carbocycles. The molecule has 2 aromatic rings. The maximum atomic E-state index is 12.6. The molecule has 144 valence electrons. The lowest BCUT2D eigenvalue weighted by Gasteiger charge is -2.36. The number of amides is 3. The number of rotatable bonds is 4. The van der Waals surface area contributed by atoms with Gasteiger partial charge in [0, 0.05) is 18.7 Å². The molecular weight excluding hydrogens is 378 g/mol. The van der Waals surface area contributed by atoms with Crippen LogP contribution >= 0.6 is 11.6 Å². The van der Waals surface area contributed by atoms with Gasteiger partial charge in [-0.3, -0.25) is 14.4 Å². The summed E-state index contributed by atoms with van der Waals surface area (Å²) in [5.74, 6) is -0.235. The minimum absolute atomic E-state index is 0.0117. The van der Waals surface area contributed by atoms with E-state index in [1.165, 1.54) is 0 Å². The van der Waals surface area contributed by atoms with Crippen LogP contribution in [0, 0.1) is 0 Å². The van der Waals surface area contributed by atoms with Crippen molar-refractivity contribution in [2.24, 2.45) is 0 Å². The number of para-hydroxylation sites is 1. The fourth-order valence-electron chi connectivity index (χ4n) is 3.74. The first-order chi connectivity index (χ1) is 13.5. The zero-order chi connectivity index (χ0) is 19.7. The van der Waals surface area contributed by atoms with Crippen LogP contribution in [0.2, 0.25) is 5.02 Å². The van der Waals surface area contributed by atoms with Crippen LogP contribution in [0.1, 0.15) is 28.8 Å². The van der Waals surface area contributed by atoms with E-state index >= 15 is 0 Å². The number of carbonyl (C=O) groups is 3. The Bertz CT molecular complexity index is 929. The molecule has 0 bridgehead atoms. The Kier molecular flexibility index (Phi) is 5.05. The lowest BCUT2D eigenvalue weighted by Crippen LogP contribution is -2.56. The molecule has 1 N–H and O–H groups in total. The van der Waals surface area contributed by atoms with Gasteiger partial charge >= 0.3 is 0 Å². The number of piperazine rings is 1. The van der Waals surface area contributed by atoms with Crippen molar-refractivity contribution >= 4 is 35.0 Å². The van der Waals surface area contributed by atoms with Crippen LogP contribution in [0.4, 0.5) is 5.69 Å². The molecule has 28 heavy (non-hydrogen) atoms. The third kappa shape index (κ3) is 3.60. The van der Waals surface area contributed by atoms with E-state index in [9.17, 15) is 14.4 Å². The van der Waals surface area contributed by atoms with Gasteiger partial charge in [-0.1, -0.05) is 35.9 Å². The predicted octanol–water partition coefficient (Wildman–Crippen LogP) is 2.93. The van der Waals surface area contributed by atoms with E-state index < -0.39 is 0 Å². The summed E-state index contributed by atoms with van der Waals surface area (Å²) in [5, 5.41) is 3.25. The Morgan fingerprint density at radius 1 is 1.11 bits per heavy atom. The Morgan fingerprint density at radius 3 is 2.61 bits per heavy atom. The minimum atomic E-state index is -0.304. The summed E-state index contributed by atoms with van der Waals surface area (Å²) in [4.78, 5) is 40.6. The molecule has 0 saturated carbocycles. The Balaban J connectivity index is 1.42. The van der Waals surface area contributed by atoms with Gasteiger partial charge in [0.1, 0.15) is 12.6 Å². The van der Waals surface area contributed by atoms with Crippen molar-refractivity contribution in [2.75, 3.05) is 18.4 Å². The molecule has 0 aromatic heterocycles. The molecule has 4 rings (SSSR count). The van der Waals surface area contributed by atoms with Crippen molar-refractivity contribution in [3.05, 3.63) is 64.7 Å². The van der Waals surface area contributed by atoms with Gasteiger partial charge < -0.3 is 15.1 Å². The molecule has 3 amide bonds. The molecule has 2 aliphatic rings. The third-order valence-corrected chi connectivity index (χ3v) is 5.54. The number of hydrogen-bond acceptors (Lipinski definition) is 3. The number of anilines is 1. The topological polar surface area (TPSA) is 69.7 Å². The van der Waals surface area contributed by atoms with Crippen molar-refractivity contribution in [2.45, 2.75) is 25.4 Å². The summed E-state index contributed by atoms with van der Waals surface area (Å²) in [5.41, 5.74) is 1.92. The molecule has 6 nitrogen and oxygen atoms in total. The van der Waals surface area contributed by atoms with Crippen LogP contribution in [-0.2, 0) is 16.1 Å². The van der Waals surface area contributed by atoms with Gasteiger partial charge in [-0.15, -0.1) is 0 Å². The van der Waals surface area contributed by atoms with E-state index in [4.69, 9.17) is 11.6 Å². The largest absolute Gasteiger partial charge is 0.329 e.